The van der Waals surface area contributed by atoms with Crippen LogP contribution in [0.1, 0.15) is 30.7 Å². The molecule has 112 valence electrons. The van der Waals surface area contributed by atoms with E-state index in [4.69, 9.17) is 0 Å². The Morgan fingerprint density at radius 1 is 1.60 bits per heavy atom. The van der Waals surface area contributed by atoms with E-state index in [2.05, 4.69) is 5.32 Å². The summed E-state index contributed by atoms with van der Waals surface area (Å²) in [4.78, 5) is 13.1. The molecule has 0 saturated carbocycles. The maximum absolute atomic E-state index is 11.9. The van der Waals surface area contributed by atoms with Gasteiger partial charge in [0.2, 0.25) is 5.91 Å². The SMILES string of the molecule is CC[C@@H](NC(=O)CS[C@@H]1CCS(=O)(=O)C1)c1cccs1. The number of carbonyl (C=O) groups excluding carboxylic acids is 1. The fourth-order valence-corrected chi connectivity index (χ4v) is 6.50. The molecule has 0 bridgehead atoms. The molecule has 0 unspecified atom stereocenters. The van der Waals surface area contributed by atoms with Crippen LogP contribution >= 0.6 is 23.1 Å². The second kappa shape index (κ2) is 6.95. The van der Waals surface area contributed by atoms with E-state index in [0.717, 1.165) is 11.3 Å². The van der Waals surface area contributed by atoms with E-state index in [0.29, 0.717) is 12.2 Å². The highest BCUT2D eigenvalue weighted by Gasteiger charge is 2.28. The van der Waals surface area contributed by atoms with Gasteiger partial charge in [-0.2, -0.15) is 0 Å². The number of amides is 1. The van der Waals surface area contributed by atoms with Gasteiger partial charge >= 0.3 is 0 Å². The molecular formula is C13H19NO3S3. The van der Waals surface area contributed by atoms with Gasteiger partial charge in [-0.25, -0.2) is 8.42 Å². The zero-order valence-electron chi connectivity index (χ0n) is 11.4. The van der Waals surface area contributed by atoms with Crippen molar-refractivity contribution >= 4 is 38.8 Å². The molecule has 20 heavy (non-hydrogen) atoms. The highest BCUT2D eigenvalue weighted by molar-refractivity contribution is 8.02. The van der Waals surface area contributed by atoms with Crippen molar-refractivity contribution in [3.63, 3.8) is 0 Å². The van der Waals surface area contributed by atoms with Crippen LogP contribution in [-0.2, 0) is 14.6 Å². The Kier molecular flexibility index (Phi) is 5.51. The molecule has 4 nitrogen and oxygen atoms in total. The van der Waals surface area contributed by atoms with Crippen LogP contribution in [0.2, 0.25) is 0 Å². The van der Waals surface area contributed by atoms with E-state index in [1.165, 1.54) is 11.8 Å². The second-order valence-electron chi connectivity index (χ2n) is 4.88. The van der Waals surface area contributed by atoms with Gasteiger partial charge in [0, 0.05) is 10.1 Å². The number of hydrogen-bond donors (Lipinski definition) is 1. The molecular weight excluding hydrogens is 314 g/mol. The predicted molar refractivity (Wildman–Crippen MR) is 85.0 cm³/mol. The number of thioether (sulfide) groups is 1. The summed E-state index contributed by atoms with van der Waals surface area (Å²) in [6.07, 6.45) is 1.52. The standard InChI is InChI=1S/C13H19NO3S3/c1-2-11(12-4-3-6-18-12)14-13(15)8-19-10-5-7-20(16,17)9-10/h3-4,6,10-11H,2,5,7-9H2,1H3,(H,14,15)/t10-,11-/m1/s1. The minimum atomic E-state index is -2.86. The van der Waals surface area contributed by atoms with Crippen molar-refractivity contribution in [2.75, 3.05) is 17.3 Å². The molecule has 7 heteroatoms. The van der Waals surface area contributed by atoms with Gasteiger partial charge in [-0.1, -0.05) is 13.0 Å². The third kappa shape index (κ3) is 4.49. The quantitative estimate of drug-likeness (QED) is 0.867. The Balaban J connectivity index is 1.78. The monoisotopic (exact) mass is 333 g/mol. The lowest BCUT2D eigenvalue weighted by atomic mass is 10.2. The van der Waals surface area contributed by atoms with Crippen molar-refractivity contribution in [2.45, 2.75) is 31.1 Å². The van der Waals surface area contributed by atoms with Crippen molar-refractivity contribution < 1.29 is 13.2 Å². The van der Waals surface area contributed by atoms with Crippen LogP contribution in [0.3, 0.4) is 0 Å². The first-order valence-electron chi connectivity index (χ1n) is 6.65. The fraction of sp³-hybridized carbons (Fsp3) is 0.615. The predicted octanol–water partition coefficient (Wildman–Crippen LogP) is 2.24. The topological polar surface area (TPSA) is 63.2 Å². The highest BCUT2D eigenvalue weighted by atomic mass is 32.2. The van der Waals surface area contributed by atoms with Crippen LogP contribution < -0.4 is 5.32 Å². The Bertz CT molecular complexity index is 539. The summed E-state index contributed by atoms with van der Waals surface area (Å²) in [5.74, 6) is 0.799. The second-order valence-corrected chi connectivity index (χ2v) is 9.38. The molecule has 1 aromatic heterocycles. The Labute approximate surface area is 128 Å². The first kappa shape index (κ1) is 15.9. The molecule has 1 amide bonds. The molecule has 2 rings (SSSR count). The van der Waals surface area contributed by atoms with Gasteiger partial charge in [-0.05, 0) is 24.3 Å². The maximum atomic E-state index is 11.9. The normalized spacial score (nSPS) is 22.6. The minimum Gasteiger partial charge on any atom is -0.348 e. The van der Waals surface area contributed by atoms with Gasteiger partial charge in [-0.3, -0.25) is 4.79 Å². The third-order valence-electron chi connectivity index (χ3n) is 3.27. The van der Waals surface area contributed by atoms with Crippen molar-refractivity contribution in [1.29, 1.82) is 0 Å². The smallest absolute Gasteiger partial charge is 0.230 e. The van der Waals surface area contributed by atoms with Crippen molar-refractivity contribution in [2.24, 2.45) is 0 Å². The van der Waals surface area contributed by atoms with E-state index in [1.807, 2.05) is 24.4 Å². The lowest BCUT2D eigenvalue weighted by Gasteiger charge is -2.16. The van der Waals surface area contributed by atoms with Crippen LogP contribution in [-0.4, -0.2) is 36.8 Å². The molecule has 0 radical (unpaired) electrons. The molecule has 1 saturated heterocycles. The van der Waals surface area contributed by atoms with Crippen molar-refractivity contribution in [3.05, 3.63) is 22.4 Å². The maximum Gasteiger partial charge on any atom is 0.230 e. The molecule has 2 heterocycles. The molecule has 1 aliphatic rings. The molecule has 2 atom stereocenters. The number of rotatable bonds is 6. The average Bonchev–Trinajstić information content (AvgIpc) is 3.03. The van der Waals surface area contributed by atoms with Crippen LogP contribution in [0.4, 0.5) is 0 Å². The van der Waals surface area contributed by atoms with Crippen LogP contribution in [0, 0.1) is 0 Å². The summed E-state index contributed by atoms with van der Waals surface area (Å²) in [5, 5.41) is 5.09. The number of nitrogens with one attached hydrogen (secondary N) is 1. The largest absolute Gasteiger partial charge is 0.348 e. The summed E-state index contributed by atoms with van der Waals surface area (Å²) >= 11 is 3.10. The van der Waals surface area contributed by atoms with Gasteiger partial charge in [0.05, 0.1) is 23.3 Å². The van der Waals surface area contributed by atoms with Gasteiger partial charge in [0.1, 0.15) is 0 Å². The summed E-state index contributed by atoms with van der Waals surface area (Å²) in [7, 11) is -2.86. The molecule has 0 aromatic carbocycles. The van der Waals surface area contributed by atoms with Crippen molar-refractivity contribution in [1.82, 2.24) is 5.32 Å². The molecule has 0 spiro atoms. The highest BCUT2D eigenvalue weighted by Crippen LogP contribution is 2.25. The Morgan fingerprint density at radius 3 is 2.95 bits per heavy atom. The van der Waals surface area contributed by atoms with E-state index < -0.39 is 9.84 Å². The van der Waals surface area contributed by atoms with Gasteiger partial charge in [0.15, 0.2) is 9.84 Å². The lowest BCUT2D eigenvalue weighted by molar-refractivity contribution is -0.119. The minimum absolute atomic E-state index is 0.0143. The van der Waals surface area contributed by atoms with Gasteiger partial charge in [-0.15, -0.1) is 23.1 Å². The van der Waals surface area contributed by atoms with Gasteiger partial charge < -0.3 is 5.32 Å². The fourth-order valence-electron chi connectivity index (χ4n) is 2.19. The van der Waals surface area contributed by atoms with Crippen molar-refractivity contribution in [3.8, 4) is 0 Å². The van der Waals surface area contributed by atoms with E-state index in [9.17, 15) is 13.2 Å². The van der Waals surface area contributed by atoms with Gasteiger partial charge in [0.25, 0.3) is 0 Å². The van der Waals surface area contributed by atoms with Crippen LogP contribution in [0.25, 0.3) is 0 Å². The summed E-state index contributed by atoms with van der Waals surface area (Å²) in [6.45, 7) is 2.04. The zero-order chi connectivity index (χ0) is 14.6. The molecule has 0 aliphatic carbocycles. The summed E-state index contributed by atoms with van der Waals surface area (Å²) in [6, 6.07) is 4.07. The zero-order valence-corrected chi connectivity index (χ0v) is 13.8. The summed E-state index contributed by atoms with van der Waals surface area (Å²) in [5.41, 5.74) is 0. The van der Waals surface area contributed by atoms with Crippen LogP contribution in [0.5, 0.6) is 0 Å². The number of thiophene rings is 1. The molecule has 1 aliphatic heterocycles. The lowest BCUT2D eigenvalue weighted by Crippen LogP contribution is -2.29. The summed E-state index contributed by atoms with van der Waals surface area (Å²) < 4.78 is 22.7. The molecule has 1 fully saturated rings. The first-order valence-corrected chi connectivity index (χ1v) is 10.4. The number of carbonyl (C=O) groups is 1. The molecule has 1 aromatic rings. The van der Waals surface area contributed by atoms with E-state index >= 15 is 0 Å². The average molecular weight is 334 g/mol. The Morgan fingerprint density at radius 2 is 2.40 bits per heavy atom. The number of sulfone groups is 1. The first-order chi connectivity index (χ1) is 9.50. The third-order valence-corrected chi connectivity index (χ3v) is 7.54. The van der Waals surface area contributed by atoms with E-state index in [1.54, 1.807) is 11.3 Å². The van der Waals surface area contributed by atoms with E-state index in [-0.39, 0.29) is 28.7 Å². The van der Waals surface area contributed by atoms with Crippen LogP contribution in [0.15, 0.2) is 17.5 Å². The Hall–Kier alpha value is -0.530. The molecule has 1 N–H and O–H groups in total. The number of hydrogen-bond acceptors (Lipinski definition) is 5.